The summed E-state index contributed by atoms with van der Waals surface area (Å²) in [5.74, 6) is 1.48. The quantitative estimate of drug-likeness (QED) is 0.797. The first-order valence-corrected chi connectivity index (χ1v) is 7.49. The van der Waals surface area contributed by atoms with Gasteiger partial charge >= 0.3 is 0 Å². The molecule has 18 heavy (non-hydrogen) atoms. The molecule has 0 aliphatic rings. The summed E-state index contributed by atoms with van der Waals surface area (Å²) in [5.41, 5.74) is 1.28. The number of nitrogens with one attached hydrogen (secondary N) is 1. The third kappa shape index (κ3) is 4.99. The number of hydrogen-bond acceptors (Lipinski definition) is 2. The van der Waals surface area contributed by atoms with Gasteiger partial charge in [0, 0.05) is 10.5 Å². The van der Waals surface area contributed by atoms with E-state index in [1.165, 1.54) is 5.56 Å². The fourth-order valence-electron chi connectivity index (χ4n) is 1.68. The molecular weight excluding hydrogens is 290 g/mol. The maximum atomic E-state index is 5.71. The van der Waals surface area contributed by atoms with E-state index in [9.17, 15) is 0 Å². The summed E-state index contributed by atoms with van der Waals surface area (Å²) in [4.78, 5) is 0. The molecule has 0 aliphatic carbocycles. The van der Waals surface area contributed by atoms with Crippen molar-refractivity contribution in [1.29, 1.82) is 0 Å². The number of hydrogen-bond donors (Lipinski definition) is 1. The van der Waals surface area contributed by atoms with Crippen LogP contribution in [-0.2, 0) is 0 Å². The third-order valence-electron chi connectivity index (χ3n) is 2.72. The van der Waals surface area contributed by atoms with Crippen LogP contribution in [0.3, 0.4) is 0 Å². The second-order valence-corrected chi connectivity index (χ2v) is 5.92. The minimum atomic E-state index is 0.360. The van der Waals surface area contributed by atoms with Gasteiger partial charge in [0.05, 0.1) is 6.61 Å². The van der Waals surface area contributed by atoms with Gasteiger partial charge in [-0.15, -0.1) is 0 Å². The van der Waals surface area contributed by atoms with Crippen molar-refractivity contribution in [2.75, 3.05) is 13.2 Å². The van der Waals surface area contributed by atoms with Crippen LogP contribution in [0.25, 0.3) is 0 Å². The summed E-state index contributed by atoms with van der Waals surface area (Å²) in [6.07, 6.45) is 1.15. The molecule has 1 aromatic rings. The standard InChI is InChI=1S/C15H24BrNO/c1-5-8-17-12(4)14-7-6-13(9-15(14)16)18-10-11(2)3/h6-7,9,11-12,17H,5,8,10H2,1-4H3. The lowest BCUT2D eigenvalue weighted by Crippen LogP contribution is -2.19. The van der Waals surface area contributed by atoms with Crippen molar-refractivity contribution in [3.63, 3.8) is 0 Å². The Hall–Kier alpha value is -0.540. The van der Waals surface area contributed by atoms with E-state index in [1.807, 2.05) is 6.07 Å². The molecule has 0 spiro atoms. The molecule has 1 N–H and O–H groups in total. The Labute approximate surface area is 119 Å². The summed E-state index contributed by atoms with van der Waals surface area (Å²) in [6, 6.07) is 6.60. The largest absolute Gasteiger partial charge is 0.493 e. The normalized spacial score (nSPS) is 12.8. The number of rotatable bonds is 7. The Balaban J connectivity index is 2.66. The molecule has 0 saturated heterocycles. The minimum absolute atomic E-state index is 0.360. The van der Waals surface area contributed by atoms with Gasteiger partial charge in [-0.25, -0.2) is 0 Å². The van der Waals surface area contributed by atoms with Crippen LogP contribution in [0.5, 0.6) is 5.75 Å². The predicted octanol–water partition coefficient (Wildman–Crippen LogP) is 4.54. The van der Waals surface area contributed by atoms with E-state index in [1.54, 1.807) is 0 Å². The molecule has 0 bridgehead atoms. The van der Waals surface area contributed by atoms with E-state index < -0.39 is 0 Å². The summed E-state index contributed by atoms with van der Waals surface area (Å²) in [6.45, 7) is 10.5. The van der Waals surface area contributed by atoms with Gasteiger partial charge in [0.15, 0.2) is 0 Å². The first-order chi connectivity index (χ1) is 8.54. The third-order valence-corrected chi connectivity index (χ3v) is 3.41. The molecule has 1 aromatic carbocycles. The van der Waals surface area contributed by atoms with Crippen LogP contribution in [-0.4, -0.2) is 13.2 Å². The van der Waals surface area contributed by atoms with Gasteiger partial charge in [-0.3, -0.25) is 0 Å². The van der Waals surface area contributed by atoms with Crippen LogP contribution >= 0.6 is 15.9 Å². The maximum Gasteiger partial charge on any atom is 0.120 e. The van der Waals surface area contributed by atoms with Gasteiger partial charge in [0.1, 0.15) is 5.75 Å². The van der Waals surface area contributed by atoms with Crippen LogP contribution in [0, 0.1) is 5.92 Å². The van der Waals surface area contributed by atoms with Crippen molar-refractivity contribution >= 4 is 15.9 Å². The summed E-state index contributed by atoms with van der Waals surface area (Å²) >= 11 is 3.63. The molecule has 0 amide bonds. The highest BCUT2D eigenvalue weighted by Gasteiger charge is 2.09. The highest BCUT2D eigenvalue weighted by atomic mass is 79.9. The van der Waals surface area contributed by atoms with Gasteiger partial charge in [0.2, 0.25) is 0 Å². The lowest BCUT2D eigenvalue weighted by molar-refractivity contribution is 0.271. The average Bonchev–Trinajstić information content (AvgIpc) is 2.33. The van der Waals surface area contributed by atoms with Gasteiger partial charge < -0.3 is 10.1 Å². The predicted molar refractivity (Wildman–Crippen MR) is 81.2 cm³/mol. The van der Waals surface area contributed by atoms with Crippen molar-refractivity contribution in [1.82, 2.24) is 5.32 Å². The van der Waals surface area contributed by atoms with Crippen molar-refractivity contribution in [2.24, 2.45) is 5.92 Å². The molecule has 0 aliphatic heterocycles. The molecule has 0 saturated carbocycles. The van der Waals surface area contributed by atoms with E-state index >= 15 is 0 Å². The molecule has 1 rings (SSSR count). The van der Waals surface area contributed by atoms with Crippen molar-refractivity contribution in [2.45, 2.75) is 40.2 Å². The van der Waals surface area contributed by atoms with E-state index in [0.717, 1.165) is 29.8 Å². The lowest BCUT2D eigenvalue weighted by atomic mass is 10.1. The summed E-state index contributed by atoms with van der Waals surface area (Å²) < 4.78 is 6.82. The van der Waals surface area contributed by atoms with E-state index in [0.29, 0.717) is 12.0 Å². The van der Waals surface area contributed by atoms with E-state index in [-0.39, 0.29) is 0 Å². The fraction of sp³-hybridized carbons (Fsp3) is 0.600. The molecule has 0 aromatic heterocycles. The smallest absolute Gasteiger partial charge is 0.120 e. The number of benzene rings is 1. The van der Waals surface area contributed by atoms with E-state index in [4.69, 9.17) is 4.74 Å². The molecular formula is C15H24BrNO. The van der Waals surface area contributed by atoms with Gasteiger partial charge in [-0.05, 0) is 43.5 Å². The minimum Gasteiger partial charge on any atom is -0.493 e. The zero-order valence-electron chi connectivity index (χ0n) is 11.8. The van der Waals surface area contributed by atoms with Crippen LogP contribution in [0.1, 0.15) is 45.7 Å². The van der Waals surface area contributed by atoms with Crippen LogP contribution in [0.4, 0.5) is 0 Å². The first-order valence-electron chi connectivity index (χ1n) is 6.70. The molecule has 102 valence electrons. The van der Waals surface area contributed by atoms with Gasteiger partial charge in [-0.1, -0.05) is 42.8 Å². The van der Waals surface area contributed by atoms with Crippen molar-refractivity contribution in [3.8, 4) is 5.75 Å². The number of ether oxygens (including phenoxy) is 1. The molecule has 1 atom stereocenters. The monoisotopic (exact) mass is 313 g/mol. The molecule has 0 fully saturated rings. The zero-order valence-corrected chi connectivity index (χ0v) is 13.4. The van der Waals surface area contributed by atoms with Crippen LogP contribution < -0.4 is 10.1 Å². The van der Waals surface area contributed by atoms with Crippen molar-refractivity contribution < 1.29 is 4.74 Å². The number of halogens is 1. The second-order valence-electron chi connectivity index (χ2n) is 5.06. The zero-order chi connectivity index (χ0) is 13.5. The Morgan fingerprint density at radius 2 is 2.00 bits per heavy atom. The molecule has 2 nitrogen and oxygen atoms in total. The topological polar surface area (TPSA) is 21.3 Å². The summed E-state index contributed by atoms with van der Waals surface area (Å²) in [7, 11) is 0. The highest BCUT2D eigenvalue weighted by molar-refractivity contribution is 9.10. The Morgan fingerprint density at radius 3 is 2.56 bits per heavy atom. The maximum absolute atomic E-state index is 5.71. The molecule has 0 radical (unpaired) electrons. The Bertz CT molecular complexity index is 366. The van der Waals surface area contributed by atoms with Crippen LogP contribution in [0.15, 0.2) is 22.7 Å². The Morgan fingerprint density at radius 1 is 1.28 bits per heavy atom. The summed E-state index contributed by atoms with van der Waals surface area (Å²) in [5, 5.41) is 3.49. The van der Waals surface area contributed by atoms with Crippen LogP contribution in [0.2, 0.25) is 0 Å². The Kier molecular flexibility index (Phi) is 6.72. The average molecular weight is 314 g/mol. The lowest BCUT2D eigenvalue weighted by Gasteiger charge is -2.17. The molecule has 1 unspecified atom stereocenters. The SMILES string of the molecule is CCCNC(C)c1ccc(OCC(C)C)cc1Br. The van der Waals surface area contributed by atoms with Crippen molar-refractivity contribution in [3.05, 3.63) is 28.2 Å². The first kappa shape index (κ1) is 15.5. The van der Waals surface area contributed by atoms with Gasteiger partial charge in [0.25, 0.3) is 0 Å². The van der Waals surface area contributed by atoms with Gasteiger partial charge in [-0.2, -0.15) is 0 Å². The molecule has 3 heteroatoms. The fourth-order valence-corrected chi connectivity index (χ4v) is 2.38. The highest BCUT2D eigenvalue weighted by Crippen LogP contribution is 2.27. The molecule has 0 heterocycles. The second kappa shape index (κ2) is 7.80. The van der Waals surface area contributed by atoms with E-state index in [2.05, 4.69) is 61.1 Å².